The summed E-state index contributed by atoms with van der Waals surface area (Å²) in [4.78, 5) is 0. The van der Waals surface area contributed by atoms with Gasteiger partial charge < -0.3 is 23.7 Å². The number of hydrogen-bond acceptors (Lipinski definition) is 5. The minimum atomic E-state index is 0.282. The molecule has 0 aliphatic heterocycles. The number of rotatable bonds is 16. The summed E-state index contributed by atoms with van der Waals surface area (Å²) in [5.74, 6) is 1.53. The lowest BCUT2D eigenvalue weighted by molar-refractivity contribution is -0.0293. The van der Waals surface area contributed by atoms with Crippen LogP contribution in [0.5, 0.6) is 11.5 Å². The maximum absolute atomic E-state index is 6.60. The van der Waals surface area contributed by atoms with Gasteiger partial charge in [-0.05, 0) is 103 Å². The summed E-state index contributed by atoms with van der Waals surface area (Å²) in [6.45, 7) is 1.72. The molecule has 216 valence electrons. The molecule has 0 unspecified atom stereocenters. The molecule has 0 heterocycles. The molecular formula is C34H36Br2O5. The van der Waals surface area contributed by atoms with Crippen LogP contribution in [0.2, 0.25) is 0 Å². The van der Waals surface area contributed by atoms with Crippen LogP contribution >= 0.6 is 31.9 Å². The molecule has 0 spiro atoms. The first-order valence-electron chi connectivity index (χ1n) is 13.6. The van der Waals surface area contributed by atoms with Crippen molar-refractivity contribution in [2.45, 2.75) is 25.7 Å². The molecule has 4 rings (SSSR count). The molecule has 0 aliphatic rings. The molecule has 0 saturated heterocycles. The van der Waals surface area contributed by atoms with Crippen LogP contribution in [-0.2, 0) is 44.6 Å². The molecule has 4 aromatic carbocycles. The fourth-order valence-corrected chi connectivity index (χ4v) is 5.87. The Morgan fingerprint density at radius 3 is 1.34 bits per heavy atom. The summed E-state index contributed by atoms with van der Waals surface area (Å²) in [6, 6.07) is 29.3. The zero-order chi connectivity index (χ0) is 28.9. The number of methoxy groups -OCH3 is 2. The van der Waals surface area contributed by atoms with E-state index in [-0.39, 0.29) is 13.6 Å². The van der Waals surface area contributed by atoms with Crippen molar-refractivity contribution in [1.29, 1.82) is 0 Å². The SMILES string of the molecule is COCOCCc1ccc(Oc2ccc(CCOCOC)c(Cc3ccccc3)c2Br)c(Br)c1Cc1ccccc1. The van der Waals surface area contributed by atoms with Crippen molar-refractivity contribution in [3.05, 3.63) is 127 Å². The Bertz CT molecular complexity index is 1260. The van der Waals surface area contributed by atoms with E-state index in [2.05, 4.69) is 92.5 Å². The van der Waals surface area contributed by atoms with E-state index in [1.54, 1.807) is 14.2 Å². The highest BCUT2D eigenvalue weighted by molar-refractivity contribution is 9.11. The van der Waals surface area contributed by atoms with Crippen LogP contribution in [0.1, 0.15) is 33.4 Å². The highest BCUT2D eigenvalue weighted by atomic mass is 79.9. The number of hydrogen-bond donors (Lipinski definition) is 0. The minimum Gasteiger partial charge on any atom is -0.455 e. The maximum Gasteiger partial charge on any atom is 0.146 e. The van der Waals surface area contributed by atoms with E-state index >= 15 is 0 Å². The zero-order valence-corrected chi connectivity index (χ0v) is 26.7. The van der Waals surface area contributed by atoms with E-state index in [1.165, 1.54) is 33.4 Å². The average Bonchev–Trinajstić information content (AvgIpc) is 3.00. The molecule has 0 aromatic heterocycles. The van der Waals surface area contributed by atoms with Gasteiger partial charge in [0, 0.05) is 14.2 Å². The Balaban J connectivity index is 1.64. The zero-order valence-electron chi connectivity index (χ0n) is 23.5. The molecular weight excluding hydrogens is 648 g/mol. The van der Waals surface area contributed by atoms with Crippen molar-refractivity contribution < 1.29 is 23.7 Å². The van der Waals surface area contributed by atoms with E-state index in [1.807, 2.05) is 24.3 Å². The van der Waals surface area contributed by atoms with Crippen LogP contribution in [0.15, 0.2) is 93.9 Å². The van der Waals surface area contributed by atoms with Gasteiger partial charge in [-0.1, -0.05) is 72.8 Å². The lowest BCUT2D eigenvalue weighted by Gasteiger charge is -2.19. The second-order valence-corrected chi connectivity index (χ2v) is 11.2. The van der Waals surface area contributed by atoms with Gasteiger partial charge in [-0.2, -0.15) is 0 Å². The third-order valence-corrected chi connectivity index (χ3v) is 8.45. The Kier molecular flexibility index (Phi) is 12.9. The lowest BCUT2D eigenvalue weighted by Crippen LogP contribution is -2.06. The van der Waals surface area contributed by atoms with Crippen molar-refractivity contribution in [3.8, 4) is 11.5 Å². The van der Waals surface area contributed by atoms with E-state index in [9.17, 15) is 0 Å². The molecule has 0 bridgehead atoms. The van der Waals surface area contributed by atoms with Gasteiger partial charge in [0.25, 0.3) is 0 Å². The lowest BCUT2D eigenvalue weighted by atomic mass is 9.97. The Morgan fingerprint density at radius 2 is 0.951 bits per heavy atom. The molecule has 7 heteroatoms. The monoisotopic (exact) mass is 682 g/mol. The molecule has 0 radical (unpaired) electrons. The molecule has 0 amide bonds. The van der Waals surface area contributed by atoms with Crippen molar-refractivity contribution in [3.63, 3.8) is 0 Å². The normalized spacial score (nSPS) is 11.1. The number of benzene rings is 4. The van der Waals surface area contributed by atoms with Gasteiger partial charge >= 0.3 is 0 Å². The second-order valence-electron chi connectivity index (χ2n) is 9.59. The smallest absolute Gasteiger partial charge is 0.146 e. The molecule has 5 nitrogen and oxygen atoms in total. The van der Waals surface area contributed by atoms with E-state index in [0.29, 0.717) is 13.2 Å². The fourth-order valence-electron chi connectivity index (χ4n) is 4.65. The summed E-state index contributed by atoms with van der Waals surface area (Å²) in [7, 11) is 3.27. The predicted molar refractivity (Wildman–Crippen MR) is 170 cm³/mol. The molecule has 4 aromatic rings. The van der Waals surface area contributed by atoms with E-state index in [0.717, 1.165) is 46.1 Å². The van der Waals surface area contributed by atoms with Gasteiger partial charge in [0.1, 0.15) is 25.1 Å². The standard InChI is InChI=1S/C34H36Br2O5/c1-37-23-39-19-17-27-13-15-31(33(35)29(27)21-25-9-5-3-6-10-25)41-32-16-14-28(18-20-40-24-38-2)30(34(32)36)22-26-11-7-4-8-12-26/h3-16H,17-24H2,1-2H3. The van der Waals surface area contributed by atoms with Gasteiger partial charge in [0.2, 0.25) is 0 Å². The van der Waals surface area contributed by atoms with Crippen molar-refractivity contribution >= 4 is 31.9 Å². The predicted octanol–water partition coefficient (Wildman–Crippen LogP) is 8.51. The third kappa shape index (κ3) is 9.23. The summed E-state index contributed by atoms with van der Waals surface area (Å²) in [6.07, 6.45) is 3.10. The average molecular weight is 684 g/mol. The molecule has 0 saturated carbocycles. The maximum atomic E-state index is 6.60. The number of halogens is 2. The molecule has 0 aliphatic carbocycles. The summed E-state index contributed by atoms with van der Waals surface area (Å²) in [5, 5.41) is 0. The van der Waals surface area contributed by atoms with Crippen LogP contribution in [0, 0.1) is 0 Å². The summed E-state index contributed by atoms with van der Waals surface area (Å²) < 4.78 is 29.8. The van der Waals surface area contributed by atoms with Gasteiger partial charge in [-0.3, -0.25) is 0 Å². The summed E-state index contributed by atoms with van der Waals surface area (Å²) in [5.41, 5.74) is 7.25. The third-order valence-electron chi connectivity index (χ3n) is 6.71. The highest BCUT2D eigenvalue weighted by Gasteiger charge is 2.18. The first kappa shape index (κ1) is 31.4. The first-order valence-corrected chi connectivity index (χ1v) is 15.2. The highest BCUT2D eigenvalue weighted by Crippen LogP contribution is 2.40. The fraction of sp³-hybridized carbons (Fsp3) is 0.294. The first-order chi connectivity index (χ1) is 20.1. The van der Waals surface area contributed by atoms with Crippen LogP contribution < -0.4 is 4.74 Å². The van der Waals surface area contributed by atoms with E-state index < -0.39 is 0 Å². The van der Waals surface area contributed by atoms with Crippen LogP contribution in [0.25, 0.3) is 0 Å². The van der Waals surface area contributed by atoms with Gasteiger partial charge in [0.15, 0.2) is 0 Å². The van der Waals surface area contributed by atoms with Gasteiger partial charge in [0.05, 0.1) is 22.2 Å². The molecule has 41 heavy (non-hydrogen) atoms. The van der Waals surface area contributed by atoms with Crippen molar-refractivity contribution in [2.75, 3.05) is 41.0 Å². The minimum absolute atomic E-state index is 0.282. The largest absolute Gasteiger partial charge is 0.455 e. The Hall–Kier alpha value is -2.52. The van der Waals surface area contributed by atoms with E-state index in [4.69, 9.17) is 23.7 Å². The van der Waals surface area contributed by atoms with Gasteiger partial charge in [-0.15, -0.1) is 0 Å². The van der Waals surface area contributed by atoms with Crippen LogP contribution in [0.4, 0.5) is 0 Å². The van der Waals surface area contributed by atoms with Crippen LogP contribution in [0.3, 0.4) is 0 Å². The molecule has 0 atom stereocenters. The van der Waals surface area contributed by atoms with Crippen molar-refractivity contribution in [1.82, 2.24) is 0 Å². The second kappa shape index (κ2) is 16.8. The topological polar surface area (TPSA) is 46.2 Å². The molecule has 0 fully saturated rings. The Morgan fingerprint density at radius 1 is 0.537 bits per heavy atom. The molecule has 0 N–H and O–H groups in total. The van der Waals surface area contributed by atoms with Gasteiger partial charge in [-0.25, -0.2) is 0 Å². The quantitative estimate of drug-likeness (QED) is 0.0876. The Labute approximate surface area is 260 Å². The van der Waals surface area contributed by atoms with Crippen LogP contribution in [-0.4, -0.2) is 41.0 Å². The summed E-state index contributed by atoms with van der Waals surface area (Å²) >= 11 is 7.79. The number of ether oxygens (including phenoxy) is 5. The van der Waals surface area contributed by atoms with Crippen molar-refractivity contribution in [2.24, 2.45) is 0 Å².